The van der Waals surface area contributed by atoms with Crippen LogP contribution in [0.3, 0.4) is 0 Å². The molecule has 0 spiro atoms. The first-order valence-corrected chi connectivity index (χ1v) is 6.23. The molecule has 0 aromatic heterocycles. The Morgan fingerprint density at radius 2 is 1.17 bits per heavy atom. The number of hydrogen-bond acceptors (Lipinski definition) is 2. The van der Waals surface area contributed by atoms with Crippen LogP contribution in [0.5, 0.6) is 0 Å². The summed E-state index contributed by atoms with van der Waals surface area (Å²) in [6.07, 6.45) is 0. The molecule has 0 aliphatic heterocycles. The fourth-order valence-electron chi connectivity index (χ4n) is 1.65. The van der Waals surface area contributed by atoms with Gasteiger partial charge in [-0.05, 0) is 42.7 Å². The van der Waals surface area contributed by atoms with Gasteiger partial charge < -0.3 is 0 Å². The summed E-state index contributed by atoms with van der Waals surface area (Å²) >= 11 is 0. The molecule has 0 aliphatic rings. The molecule has 0 radical (unpaired) electrons. The summed E-state index contributed by atoms with van der Waals surface area (Å²) in [6.45, 7) is 6.43. The normalized spacial score (nSPS) is 11.3. The maximum atomic E-state index is 4.23. The van der Waals surface area contributed by atoms with Gasteiger partial charge in [-0.15, -0.1) is 0 Å². The van der Waals surface area contributed by atoms with Gasteiger partial charge in [0.15, 0.2) is 0 Å². The van der Waals surface area contributed by atoms with Crippen LogP contribution in [-0.4, -0.2) is 0 Å². The van der Waals surface area contributed by atoms with Crippen molar-refractivity contribution in [2.45, 2.75) is 26.7 Å². The van der Waals surface area contributed by atoms with Crippen LogP contribution in [-0.2, 0) is 0 Å². The number of rotatable bonds is 3. The van der Waals surface area contributed by atoms with Crippen molar-refractivity contribution in [3.8, 4) is 0 Å². The second-order valence-corrected chi connectivity index (χ2v) is 4.78. The molecule has 92 valence electrons. The van der Waals surface area contributed by atoms with Gasteiger partial charge in [-0.1, -0.05) is 43.7 Å². The van der Waals surface area contributed by atoms with Crippen LogP contribution >= 0.6 is 0 Å². The summed E-state index contributed by atoms with van der Waals surface area (Å²) in [7, 11) is 0. The molecule has 0 saturated heterocycles. The summed E-state index contributed by atoms with van der Waals surface area (Å²) in [4.78, 5) is 0. The van der Waals surface area contributed by atoms with E-state index in [2.05, 4.69) is 43.1 Å². The van der Waals surface area contributed by atoms with E-state index >= 15 is 0 Å². The molecular weight excluding hydrogens is 220 g/mol. The summed E-state index contributed by atoms with van der Waals surface area (Å²) < 4.78 is 0. The minimum Gasteiger partial charge on any atom is -0.151 e. The number of nitrogens with zero attached hydrogens (tertiary/aromatic N) is 2. The predicted octanol–water partition coefficient (Wildman–Crippen LogP) is 5.53. The molecular formula is C16H18N2. The zero-order chi connectivity index (χ0) is 13.0. The molecule has 0 N–H and O–H groups in total. The zero-order valence-corrected chi connectivity index (χ0v) is 11.1. The Bertz CT molecular complexity index is 522. The highest BCUT2D eigenvalue weighted by Gasteiger charge is 1.98. The molecule has 0 heterocycles. The summed E-state index contributed by atoms with van der Waals surface area (Å²) in [5.74, 6) is 0.549. The van der Waals surface area contributed by atoms with E-state index in [1.165, 1.54) is 11.1 Å². The van der Waals surface area contributed by atoms with Gasteiger partial charge >= 0.3 is 0 Å². The largest absolute Gasteiger partial charge is 0.151 e. The third-order valence-electron chi connectivity index (χ3n) is 2.87. The fourth-order valence-corrected chi connectivity index (χ4v) is 1.65. The van der Waals surface area contributed by atoms with Crippen molar-refractivity contribution >= 4 is 11.4 Å². The van der Waals surface area contributed by atoms with Crippen molar-refractivity contribution in [3.63, 3.8) is 0 Å². The molecule has 2 aromatic carbocycles. The lowest BCUT2D eigenvalue weighted by Gasteiger charge is -2.03. The Hall–Kier alpha value is -1.96. The maximum Gasteiger partial charge on any atom is 0.0857 e. The first-order chi connectivity index (χ1) is 8.65. The standard InChI is InChI=1S/C16H18N2/c1-12(2)14-6-10-16(11-7-14)18-17-15-8-4-13(3)5-9-15/h4-12H,1-3H3. The molecule has 0 saturated carbocycles. The summed E-state index contributed by atoms with van der Waals surface area (Å²) in [6, 6.07) is 16.2. The van der Waals surface area contributed by atoms with Crippen LogP contribution in [0.1, 0.15) is 30.9 Å². The number of benzene rings is 2. The fraction of sp³-hybridized carbons (Fsp3) is 0.250. The summed E-state index contributed by atoms with van der Waals surface area (Å²) in [5, 5.41) is 8.45. The minimum absolute atomic E-state index is 0.549. The monoisotopic (exact) mass is 238 g/mol. The average Bonchev–Trinajstić information content (AvgIpc) is 2.38. The molecule has 2 aromatic rings. The van der Waals surface area contributed by atoms with Crippen LogP contribution in [0.15, 0.2) is 58.8 Å². The Morgan fingerprint density at radius 1 is 0.722 bits per heavy atom. The Balaban J connectivity index is 2.11. The van der Waals surface area contributed by atoms with Crippen molar-refractivity contribution in [3.05, 3.63) is 59.7 Å². The molecule has 0 unspecified atom stereocenters. The molecule has 2 heteroatoms. The van der Waals surface area contributed by atoms with E-state index in [1.807, 2.05) is 36.4 Å². The van der Waals surface area contributed by atoms with E-state index in [0.717, 1.165) is 11.4 Å². The molecule has 0 amide bonds. The van der Waals surface area contributed by atoms with E-state index in [4.69, 9.17) is 0 Å². The van der Waals surface area contributed by atoms with Crippen molar-refractivity contribution < 1.29 is 0 Å². The van der Waals surface area contributed by atoms with Crippen LogP contribution in [0.25, 0.3) is 0 Å². The molecule has 0 aliphatic carbocycles. The SMILES string of the molecule is Cc1ccc(N=Nc2ccc(C(C)C)cc2)cc1. The summed E-state index contributed by atoms with van der Waals surface area (Å²) in [5.41, 5.74) is 4.33. The van der Waals surface area contributed by atoms with Gasteiger partial charge in [0, 0.05) is 0 Å². The van der Waals surface area contributed by atoms with Crippen LogP contribution in [0.4, 0.5) is 11.4 Å². The van der Waals surface area contributed by atoms with Crippen molar-refractivity contribution in [2.75, 3.05) is 0 Å². The maximum absolute atomic E-state index is 4.23. The van der Waals surface area contributed by atoms with Gasteiger partial charge in [0.1, 0.15) is 0 Å². The quantitative estimate of drug-likeness (QED) is 0.628. The van der Waals surface area contributed by atoms with Gasteiger partial charge in [0.25, 0.3) is 0 Å². The predicted molar refractivity (Wildman–Crippen MR) is 75.9 cm³/mol. The van der Waals surface area contributed by atoms with E-state index in [0.29, 0.717) is 5.92 Å². The molecule has 0 fully saturated rings. The van der Waals surface area contributed by atoms with Crippen molar-refractivity contribution in [1.82, 2.24) is 0 Å². The highest BCUT2D eigenvalue weighted by atomic mass is 15.1. The molecule has 2 rings (SSSR count). The average molecular weight is 238 g/mol. The first kappa shape index (κ1) is 12.5. The zero-order valence-electron chi connectivity index (χ0n) is 11.1. The lowest BCUT2D eigenvalue weighted by molar-refractivity contribution is 0.866. The first-order valence-electron chi connectivity index (χ1n) is 6.23. The third kappa shape index (κ3) is 3.27. The Kier molecular flexibility index (Phi) is 3.88. The molecule has 0 bridgehead atoms. The van der Waals surface area contributed by atoms with Crippen molar-refractivity contribution in [1.29, 1.82) is 0 Å². The van der Waals surface area contributed by atoms with Crippen LogP contribution in [0, 0.1) is 6.92 Å². The van der Waals surface area contributed by atoms with Gasteiger partial charge in [-0.25, -0.2) is 0 Å². The highest BCUT2D eigenvalue weighted by Crippen LogP contribution is 2.21. The van der Waals surface area contributed by atoms with Crippen LogP contribution in [0.2, 0.25) is 0 Å². The molecule has 2 nitrogen and oxygen atoms in total. The van der Waals surface area contributed by atoms with Gasteiger partial charge in [-0.2, -0.15) is 10.2 Å². The lowest BCUT2D eigenvalue weighted by atomic mass is 10.0. The topological polar surface area (TPSA) is 24.7 Å². The lowest BCUT2D eigenvalue weighted by Crippen LogP contribution is -1.84. The Labute approximate surface area is 108 Å². The molecule has 0 atom stereocenters. The second kappa shape index (κ2) is 5.58. The van der Waals surface area contributed by atoms with Gasteiger partial charge in [0.05, 0.1) is 11.4 Å². The number of azo groups is 1. The van der Waals surface area contributed by atoms with Gasteiger partial charge in [-0.3, -0.25) is 0 Å². The van der Waals surface area contributed by atoms with E-state index < -0.39 is 0 Å². The number of aryl methyl sites for hydroxylation is 1. The third-order valence-corrected chi connectivity index (χ3v) is 2.87. The second-order valence-electron chi connectivity index (χ2n) is 4.78. The smallest absolute Gasteiger partial charge is 0.0857 e. The van der Waals surface area contributed by atoms with Crippen LogP contribution < -0.4 is 0 Å². The van der Waals surface area contributed by atoms with Gasteiger partial charge in [0.2, 0.25) is 0 Å². The highest BCUT2D eigenvalue weighted by molar-refractivity contribution is 5.42. The van der Waals surface area contributed by atoms with E-state index in [1.54, 1.807) is 0 Å². The number of hydrogen-bond donors (Lipinski definition) is 0. The minimum atomic E-state index is 0.549. The molecule has 18 heavy (non-hydrogen) atoms. The Morgan fingerprint density at radius 3 is 1.61 bits per heavy atom. The van der Waals surface area contributed by atoms with E-state index in [-0.39, 0.29) is 0 Å². The van der Waals surface area contributed by atoms with E-state index in [9.17, 15) is 0 Å². The van der Waals surface area contributed by atoms with Crippen molar-refractivity contribution in [2.24, 2.45) is 10.2 Å².